The smallest absolute Gasteiger partial charge is 0.335 e. The highest BCUT2D eigenvalue weighted by Gasteiger charge is 2.22. The Balaban J connectivity index is 2.51. The summed E-state index contributed by atoms with van der Waals surface area (Å²) in [5.41, 5.74) is 6.60. The SMILES string of the molecule is CC(C)(C)NS(=O)(=O)c1cccc(-c2cc(N)cc(C(=O)O)c2)c1. The van der Waals surface area contributed by atoms with Gasteiger partial charge in [0, 0.05) is 11.2 Å². The third-order valence-electron chi connectivity index (χ3n) is 3.12. The number of hydrogen-bond donors (Lipinski definition) is 3. The van der Waals surface area contributed by atoms with E-state index in [1.54, 1.807) is 39.0 Å². The van der Waals surface area contributed by atoms with Crippen molar-refractivity contribution < 1.29 is 18.3 Å². The molecule has 0 bridgehead atoms. The van der Waals surface area contributed by atoms with Crippen LogP contribution in [0.5, 0.6) is 0 Å². The molecule has 0 aliphatic rings. The van der Waals surface area contributed by atoms with Gasteiger partial charge in [0.2, 0.25) is 10.0 Å². The van der Waals surface area contributed by atoms with Crippen molar-refractivity contribution >= 4 is 21.7 Å². The maximum Gasteiger partial charge on any atom is 0.335 e. The Morgan fingerprint density at radius 2 is 1.75 bits per heavy atom. The van der Waals surface area contributed by atoms with Crippen molar-refractivity contribution in [2.75, 3.05) is 5.73 Å². The maximum atomic E-state index is 12.4. The van der Waals surface area contributed by atoms with Gasteiger partial charge in [-0.3, -0.25) is 0 Å². The predicted molar refractivity (Wildman–Crippen MR) is 93.3 cm³/mol. The van der Waals surface area contributed by atoms with Crippen LogP contribution in [0.1, 0.15) is 31.1 Å². The molecule has 0 saturated carbocycles. The summed E-state index contributed by atoms with van der Waals surface area (Å²) in [4.78, 5) is 11.3. The first-order valence-electron chi connectivity index (χ1n) is 7.26. The number of nitrogen functional groups attached to an aromatic ring is 1. The minimum absolute atomic E-state index is 0.0473. The van der Waals surface area contributed by atoms with E-state index in [2.05, 4.69) is 4.72 Å². The normalized spacial score (nSPS) is 12.1. The number of carboxylic acids is 1. The van der Waals surface area contributed by atoms with Crippen LogP contribution in [0.3, 0.4) is 0 Å². The van der Waals surface area contributed by atoms with E-state index in [4.69, 9.17) is 10.8 Å². The number of benzene rings is 2. The quantitative estimate of drug-likeness (QED) is 0.736. The summed E-state index contributed by atoms with van der Waals surface area (Å²) in [6, 6.07) is 10.7. The first-order valence-corrected chi connectivity index (χ1v) is 8.74. The van der Waals surface area contributed by atoms with E-state index >= 15 is 0 Å². The lowest BCUT2D eigenvalue weighted by atomic mass is 10.0. The van der Waals surface area contributed by atoms with Gasteiger partial charge < -0.3 is 10.8 Å². The van der Waals surface area contributed by atoms with E-state index in [1.165, 1.54) is 24.3 Å². The molecule has 0 heterocycles. The minimum atomic E-state index is -3.68. The summed E-state index contributed by atoms with van der Waals surface area (Å²) in [7, 11) is -3.68. The van der Waals surface area contributed by atoms with Crippen LogP contribution in [0, 0.1) is 0 Å². The van der Waals surface area contributed by atoms with Crippen molar-refractivity contribution in [1.29, 1.82) is 0 Å². The molecule has 0 fully saturated rings. The van der Waals surface area contributed by atoms with Crippen LogP contribution in [-0.2, 0) is 10.0 Å². The number of nitrogens with two attached hydrogens (primary N) is 1. The topological polar surface area (TPSA) is 109 Å². The van der Waals surface area contributed by atoms with Gasteiger partial charge in [-0.25, -0.2) is 17.9 Å². The average molecular weight is 348 g/mol. The van der Waals surface area contributed by atoms with Crippen LogP contribution >= 0.6 is 0 Å². The Kier molecular flexibility index (Phi) is 4.68. The highest BCUT2D eigenvalue weighted by molar-refractivity contribution is 7.89. The summed E-state index contributed by atoms with van der Waals surface area (Å²) < 4.78 is 27.5. The zero-order chi connectivity index (χ0) is 18.1. The van der Waals surface area contributed by atoms with Crippen LogP contribution in [0.15, 0.2) is 47.4 Å². The molecule has 0 saturated heterocycles. The molecule has 6 nitrogen and oxygen atoms in total. The number of hydrogen-bond acceptors (Lipinski definition) is 4. The van der Waals surface area contributed by atoms with E-state index in [0.29, 0.717) is 16.8 Å². The molecule has 0 radical (unpaired) electrons. The maximum absolute atomic E-state index is 12.4. The lowest BCUT2D eigenvalue weighted by Gasteiger charge is -2.20. The summed E-state index contributed by atoms with van der Waals surface area (Å²) in [6.07, 6.45) is 0. The first-order chi connectivity index (χ1) is 11.0. The fourth-order valence-corrected chi connectivity index (χ4v) is 3.71. The molecule has 2 aromatic carbocycles. The van der Waals surface area contributed by atoms with Crippen molar-refractivity contribution in [3.05, 3.63) is 48.0 Å². The van der Waals surface area contributed by atoms with Gasteiger partial charge in [0.05, 0.1) is 10.5 Å². The fraction of sp³-hybridized carbons (Fsp3) is 0.235. The molecule has 4 N–H and O–H groups in total. The van der Waals surface area contributed by atoms with Crippen LogP contribution in [0.2, 0.25) is 0 Å². The zero-order valence-electron chi connectivity index (χ0n) is 13.7. The standard InChI is InChI=1S/C17H20N2O4S/c1-17(2,3)19-24(22,23)15-6-4-5-11(10-15)12-7-13(16(20)21)9-14(18)8-12/h4-10,19H,18H2,1-3H3,(H,20,21). The molecule has 0 aromatic heterocycles. The lowest BCUT2D eigenvalue weighted by Crippen LogP contribution is -2.40. The van der Waals surface area contributed by atoms with Gasteiger partial charge in [-0.15, -0.1) is 0 Å². The Bertz CT molecular complexity index is 884. The number of sulfonamides is 1. The van der Waals surface area contributed by atoms with Crippen LogP contribution in [-0.4, -0.2) is 25.0 Å². The van der Waals surface area contributed by atoms with Crippen molar-refractivity contribution in [1.82, 2.24) is 4.72 Å². The van der Waals surface area contributed by atoms with E-state index < -0.39 is 21.5 Å². The van der Waals surface area contributed by atoms with Crippen molar-refractivity contribution in [3.63, 3.8) is 0 Å². The number of nitrogens with one attached hydrogen (secondary N) is 1. The molecule has 2 aromatic rings. The molecular formula is C17H20N2O4S. The predicted octanol–water partition coefficient (Wildman–Crippen LogP) is 2.71. The molecule has 128 valence electrons. The van der Waals surface area contributed by atoms with Gasteiger partial charge in [-0.1, -0.05) is 12.1 Å². The Morgan fingerprint density at radius 1 is 1.08 bits per heavy atom. The van der Waals surface area contributed by atoms with Crippen LogP contribution < -0.4 is 10.5 Å². The van der Waals surface area contributed by atoms with Gasteiger partial charge in [0.25, 0.3) is 0 Å². The highest BCUT2D eigenvalue weighted by Crippen LogP contribution is 2.26. The number of rotatable bonds is 4. The Labute approximate surface area is 141 Å². The Morgan fingerprint density at radius 3 is 2.33 bits per heavy atom. The highest BCUT2D eigenvalue weighted by atomic mass is 32.2. The number of carboxylic acid groups (broad SMARTS) is 1. The molecule has 7 heteroatoms. The molecule has 0 aliphatic carbocycles. The van der Waals surface area contributed by atoms with Gasteiger partial charge in [0.1, 0.15) is 0 Å². The zero-order valence-corrected chi connectivity index (χ0v) is 14.5. The van der Waals surface area contributed by atoms with Gasteiger partial charge in [-0.05, 0) is 62.2 Å². The monoisotopic (exact) mass is 348 g/mol. The van der Waals surface area contributed by atoms with Crippen LogP contribution in [0.4, 0.5) is 5.69 Å². The fourth-order valence-electron chi connectivity index (χ4n) is 2.25. The number of anilines is 1. The largest absolute Gasteiger partial charge is 0.478 e. The molecule has 0 aliphatic heterocycles. The van der Waals surface area contributed by atoms with E-state index in [0.717, 1.165) is 0 Å². The molecule has 24 heavy (non-hydrogen) atoms. The number of carbonyl (C=O) groups is 1. The summed E-state index contributed by atoms with van der Waals surface area (Å²) in [5, 5.41) is 9.13. The number of aromatic carboxylic acids is 1. The Hall–Kier alpha value is -2.38. The van der Waals surface area contributed by atoms with Gasteiger partial charge >= 0.3 is 5.97 Å². The average Bonchev–Trinajstić information content (AvgIpc) is 2.44. The van der Waals surface area contributed by atoms with Crippen molar-refractivity contribution in [2.45, 2.75) is 31.2 Å². The van der Waals surface area contributed by atoms with E-state index in [1.807, 2.05) is 0 Å². The lowest BCUT2D eigenvalue weighted by molar-refractivity contribution is 0.0697. The second kappa shape index (κ2) is 6.26. The molecule has 0 amide bonds. The molecular weight excluding hydrogens is 328 g/mol. The second-order valence-electron chi connectivity index (χ2n) is 6.53. The molecule has 0 spiro atoms. The first kappa shape index (κ1) is 18.0. The van der Waals surface area contributed by atoms with E-state index in [-0.39, 0.29) is 10.5 Å². The van der Waals surface area contributed by atoms with E-state index in [9.17, 15) is 13.2 Å². The van der Waals surface area contributed by atoms with Gasteiger partial charge in [-0.2, -0.15) is 0 Å². The molecule has 2 rings (SSSR count). The third-order valence-corrected chi connectivity index (χ3v) is 4.88. The molecule has 0 unspecified atom stereocenters. The second-order valence-corrected chi connectivity index (χ2v) is 8.21. The summed E-state index contributed by atoms with van der Waals surface area (Å²) in [5.74, 6) is -1.10. The summed E-state index contributed by atoms with van der Waals surface area (Å²) in [6.45, 7) is 5.27. The van der Waals surface area contributed by atoms with Crippen molar-refractivity contribution in [3.8, 4) is 11.1 Å². The van der Waals surface area contributed by atoms with Gasteiger partial charge in [0.15, 0.2) is 0 Å². The minimum Gasteiger partial charge on any atom is -0.478 e. The van der Waals surface area contributed by atoms with Crippen molar-refractivity contribution in [2.24, 2.45) is 0 Å². The summed E-state index contributed by atoms with van der Waals surface area (Å²) >= 11 is 0. The van der Waals surface area contributed by atoms with Crippen LogP contribution in [0.25, 0.3) is 11.1 Å². The molecule has 0 atom stereocenters. The third kappa shape index (κ3) is 4.33.